The largest absolute Gasteiger partial charge is 0.354 e. The smallest absolute Gasteiger partial charge is 0.224 e. The van der Waals surface area contributed by atoms with Crippen molar-refractivity contribution in [1.82, 2.24) is 15.1 Å². The van der Waals surface area contributed by atoms with Gasteiger partial charge in [0.2, 0.25) is 5.91 Å². The fourth-order valence-electron chi connectivity index (χ4n) is 2.23. The number of nitrogens with one attached hydrogen (secondary N) is 1. The molecule has 0 bridgehead atoms. The molecule has 5 nitrogen and oxygen atoms in total. The van der Waals surface area contributed by atoms with E-state index in [2.05, 4.69) is 36.0 Å². The third-order valence-electron chi connectivity index (χ3n) is 4.26. The Morgan fingerprint density at radius 3 is 2.26 bits per heavy atom. The van der Waals surface area contributed by atoms with Crippen LogP contribution in [0.3, 0.4) is 0 Å². The summed E-state index contributed by atoms with van der Waals surface area (Å²) in [5.41, 5.74) is 5.75. The minimum Gasteiger partial charge on any atom is -0.354 e. The third kappa shape index (κ3) is 4.75. The van der Waals surface area contributed by atoms with Crippen LogP contribution in [-0.2, 0) is 4.79 Å². The van der Waals surface area contributed by atoms with Crippen molar-refractivity contribution in [2.45, 2.75) is 39.3 Å². The number of nitrogens with two attached hydrogens (primary N) is 1. The first-order valence-corrected chi connectivity index (χ1v) is 7.21. The predicted molar refractivity (Wildman–Crippen MR) is 79.0 cm³/mol. The molecule has 0 aromatic carbocycles. The van der Waals surface area contributed by atoms with Gasteiger partial charge in [0.05, 0.1) is 0 Å². The number of hydrogen-bond acceptors (Lipinski definition) is 4. The molecule has 0 spiro atoms. The molecule has 2 unspecified atom stereocenters. The topological polar surface area (TPSA) is 61.6 Å². The van der Waals surface area contributed by atoms with Crippen molar-refractivity contribution in [2.24, 2.45) is 11.7 Å². The molecule has 112 valence electrons. The molecule has 1 rings (SSSR count). The Labute approximate surface area is 117 Å². The summed E-state index contributed by atoms with van der Waals surface area (Å²) in [5.74, 6) is -0.0829. The van der Waals surface area contributed by atoms with Crippen LogP contribution >= 0.6 is 0 Å². The van der Waals surface area contributed by atoms with Gasteiger partial charge in [-0.1, -0.05) is 6.92 Å². The van der Waals surface area contributed by atoms with Crippen LogP contribution < -0.4 is 11.1 Å². The molecule has 1 aliphatic heterocycles. The van der Waals surface area contributed by atoms with Crippen LogP contribution in [0.25, 0.3) is 0 Å². The van der Waals surface area contributed by atoms with Gasteiger partial charge in [-0.05, 0) is 27.8 Å². The molecular formula is C14H30N4O. The molecule has 2 atom stereocenters. The molecule has 5 heteroatoms. The summed E-state index contributed by atoms with van der Waals surface area (Å²) in [6.07, 6.45) is 0. The Hall–Kier alpha value is -0.650. The van der Waals surface area contributed by atoms with Gasteiger partial charge < -0.3 is 16.0 Å². The summed E-state index contributed by atoms with van der Waals surface area (Å²) >= 11 is 0. The number of piperazine rings is 1. The van der Waals surface area contributed by atoms with Crippen LogP contribution in [0.1, 0.15) is 27.7 Å². The average molecular weight is 270 g/mol. The highest BCUT2D eigenvalue weighted by Crippen LogP contribution is 2.16. The molecule has 1 fully saturated rings. The molecule has 0 radical (unpaired) electrons. The van der Waals surface area contributed by atoms with Crippen LogP contribution in [0.15, 0.2) is 0 Å². The standard InChI is InChI=1S/C14H30N4O/c1-11(12(2)15)13(19)16-10-14(3,4)18-8-6-17(5)7-9-18/h11-12H,6-10,15H2,1-5H3,(H,16,19). The van der Waals surface area contributed by atoms with E-state index in [0.29, 0.717) is 6.54 Å². The molecule has 0 saturated carbocycles. The molecule has 1 heterocycles. The van der Waals surface area contributed by atoms with Crippen molar-refractivity contribution >= 4 is 5.91 Å². The normalized spacial score (nSPS) is 22.0. The lowest BCUT2D eigenvalue weighted by Gasteiger charge is -2.43. The maximum absolute atomic E-state index is 11.9. The number of hydrogen-bond donors (Lipinski definition) is 2. The zero-order chi connectivity index (χ0) is 14.6. The third-order valence-corrected chi connectivity index (χ3v) is 4.26. The van der Waals surface area contributed by atoms with Crippen LogP contribution in [-0.4, -0.2) is 67.1 Å². The summed E-state index contributed by atoms with van der Waals surface area (Å²) in [4.78, 5) is 16.7. The highest BCUT2D eigenvalue weighted by molar-refractivity contribution is 5.79. The van der Waals surface area contributed by atoms with E-state index in [4.69, 9.17) is 5.73 Å². The second kappa shape index (κ2) is 6.68. The zero-order valence-electron chi connectivity index (χ0n) is 13.1. The summed E-state index contributed by atoms with van der Waals surface area (Å²) < 4.78 is 0. The number of carbonyl (C=O) groups excluding carboxylic acids is 1. The fourth-order valence-corrected chi connectivity index (χ4v) is 2.23. The van der Waals surface area contributed by atoms with Crippen LogP contribution in [0.5, 0.6) is 0 Å². The van der Waals surface area contributed by atoms with Gasteiger partial charge in [-0.15, -0.1) is 0 Å². The average Bonchev–Trinajstić information content (AvgIpc) is 2.35. The molecule has 1 aliphatic rings. The Morgan fingerprint density at radius 1 is 1.26 bits per heavy atom. The predicted octanol–water partition coefficient (Wildman–Crippen LogP) is 0.112. The molecule has 19 heavy (non-hydrogen) atoms. The Bertz CT molecular complexity index is 296. The van der Waals surface area contributed by atoms with Gasteiger partial charge in [0.1, 0.15) is 0 Å². The van der Waals surface area contributed by atoms with Crippen molar-refractivity contribution in [3.05, 3.63) is 0 Å². The first-order chi connectivity index (χ1) is 8.74. The Kier molecular flexibility index (Phi) is 5.77. The van der Waals surface area contributed by atoms with E-state index >= 15 is 0 Å². The molecular weight excluding hydrogens is 240 g/mol. The molecule has 0 aromatic rings. The van der Waals surface area contributed by atoms with Crippen molar-refractivity contribution in [3.63, 3.8) is 0 Å². The summed E-state index contributed by atoms with van der Waals surface area (Å²) in [7, 11) is 2.15. The SMILES string of the molecule is CC(N)C(C)C(=O)NCC(C)(C)N1CCN(C)CC1. The quantitative estimate of drug-likeness (QED) is 0.744. The Morgan fingerprint density at radius 2 is 1.79 bits per heavy atom. The maximum atomic E-state index is 11.9. The van der Waals surface area contributed by atoms with E-state index in [-0.39, 0.29) is 23.4 Å². The molecule has 0 aliphatic carbocycles. The van der Waals surface area contributed by atoms with Gasteiger partial charge in [-0.3, -0.25) is 9.69 Å². The van der Waals surface area contributed by atoms with Gasteiger partial charge in [0.15, 0.2) is 0 Å². The van der Waals surface area contributed by atoms with Gasteiger partial charge in [-0.2, -0.15) is 0 Å². The minimum atomic E-state index is -0.136. The van der Waals surface area contributed by atoms with E-state index < -0.39 is 0 Å². The van der Waals surface area contributed by atoms with E-state index in [0.717, 1.165) is 26.2 Å². The lowest BCUT2D eigenvalue weighted by atomic mass is 9.99. The van der Waals surface area contributed by atoms with Gasteiger partial charge >= 0.3 is 0 Å². The van der Waals surface area contributed by atoms with E-state index in [1.54, 1.807) is 0 Å². The Balaban J connectivity index is 2.44. The number of likely N-dealkylation sites (N-methyl/N-ethyl adjacent to an activating group) is 1. The van der Waals surface area contributed by atoms with Gasteiger partial charge in [0.25, 0.3) is 0 Å². The molecule has 1 saturated heterocycles. The fraction of sp³-hybridized carbons (Fsp3) is 0.929. The van der Waals surface area contributed by atoms with Gasteiger partial charge in [0, 0.05) is 50.2 Å². The van der Waals surface area contributed by atoms with Crippen molar-refractivity contribution < 1.29 is 4.79 Å². The maximum Gasteiger partial charge on any atom is 0.224 e. The highest BCUT2D eigenvalue weighted by Gasteiger charge is 2.30. The number of nitrogens with zero attached hydrogens (tertiary/aromatic N) is 2. The second-order valence-corrected chi connectivity index (χ2v) is 6.47. The molecule has 0 aromatic heterocycles. The van der Waals surface area contributed by atoms with E-state index in [1.807, 2.05) is 13.8 Å². The summed E-state index contributed by atoms with van der Waals surface area (Å²) in [6.45, 7) is 13.1. The lowest BCUT2D eigenvalue weighted by Crippen LogP contribution is -2.58. The van der Waals surface area contributed by atoms with Crippen LogP contribution in [0, 0.1) is 5.92 Å². The van der Waals surface area contributed by atoms with Crippen LogP contribution in [0.4, 0.5) is 0 Å². The lowest BCUT2D eigenvalue weighted by molar-refractivity contribution is -0.125. The molecule has 1 amide bonds. The van der Waals surface area contributed by atoms with E-state index in [9.17, 15) is 4.79 Å². The monoisotopic (exact) mass is 270 g/mol. The summed E-state index contributed by atoms with van der Waals surface area (Å²) in [6, 6.07) is -0.105. The first-order valence-electron chi connectivity index (χ1n) is 7.21. The van der Waals surface area contributed by atoms with Crippen molar-refractivity contribution in [3.8, 4) is 0 Å². The number of amides is 1. The van der Waals surface area contributed by atoms with E-state index in [1.165, 1.54) is 0 Å². The first kappa shape index (κ1) is 16.4. The van der Waals surface area contributed by atoms with Crippen molar-refractivity contribution in [2.75, 3.05) is 39.8 Å². The zero-order valence-corrected chi connectivity index (χ0v) is 13.1. The van der Waals surface area contributed by atoms with Gasteiger partial charge in [-0.25, -0.2) is 0 Å². The van der Waals surface area contributed by atoms with Crippen molar-refractivity contribution in [1.29, 1.82) is 0 Å². The number of rotatable bonds is 5. The molecule has 3 N–H and O–H groups in total. The summed E-state index contributed by atoms with van der Waals surface area (Å²) in [5, 5.41) is 3.04. The second-order valence-electron chi connectivity index (χ2n) is 6.47. The minimum absolute atomic E-state index is 0.00548. The number of carbonyl (C=O) groups is 1. The van der Waals surface area contributed by atoms with Crippen LogP contribution in [0.2, 0.25) is 0 Å². The highest BCUT2D eigenvalue weighted by atomic mass is 16.1.